The Morgan fingerprint density at radius 2 is 2.32 bits per heavy atom. The zero-order chi connectivity index (χ0) is 13.8. The SMILES string of the molecule is CCOC(=O)c1nc(C2CSCCO2)sc1C(C)=O. The van der Waals surface area contributed by atoms with Crippen LogP contribution in [0.25, 0.3) is 0 Å². The number of carbonyl (C=O) groups is 2. The lowest BCUT2D eigenvalue weighted by molar-refractivity contribution is 0.0514. The number of nitrogens with zero attached hydrogens (tertiary/aromatic N) is 1. The number of thioether (sulfide) groups is 1. The molecule has 0 bridgehead atoms. The molecule has 1 aliphatic rings. The van der Waals surface area contributed by atoms with Gasteiger partial charge in [-0.1, -0.05) is 0 Å². The van der Waals surface area contributed by atoms with Gasteiger partial charge in [0, 0.05) is 18.4 Å². The van der Waals surface area contributed by atoms with Crippen molar-refractivity contribution in [2.75, 3.05) is 24.7 Å². The van der Waals surface area contributed by atoms with Crippen molar-refractivity contribution in [3.63, 3.8) is 0 Å². The summed E-state index contributed by atoms with van der Waals surface area (Å²) in [5.74, 6) is 1.05. The normalized spacial score (nSPS) is 19.2. The molecule has 1 atom stereocenters. The van der Waals surface area contributed by atoms with E-state index in [-0.39, 0.29) is 24.2 Å². The third-order valence-corrected chi connectivity index (χ3v) is 4.77. The molecule has 0 aromatic carbocycles. The standard InChI is InChI=1S/C12H15NO4S2/c1-3-16-12(15)9-10(7(2)14)19-11(13-9)8-6-18-5-4-17-8/h8H,3-6H2,1-2H3. The van der Waals surface area contributed by atoms with Crippen LogP contribution >= 0.6 is 23.1 Å². The molecule has 0 spiro atoms. The van der Waals surface area contributed by atoms with Crippen LogP contribution in [0.4, 0.5) is 0 Å². The minimum absolute atomic E-state index is 0.119. The fraction of sp³-hybridized carbons (Fsp3) is 0.583. The lowest BCUT2D eigenvalue weighted by Crippen LogP contribution is -2.16. The average molecular weight is 301 g/mol. The van der Waals surface area contributed by atoms with Gasteiger partial charge in [-0.05, 0) is 6.92 Å². The number of hydrogen-bond acceptors (Lipinski definition) is 7. The van der Waals surface area contributed by atoms with E-state index in [4.69, 9.17) is 9.47 Å². The molecular weight excluding hydrogens is 286 g/mol. The first-order valence-electron chi connectivity index (χ1n) is 6.01. The van der Waals surface area contributed by atoms with Crippen LogP contribution in [0.15, 0.2) is 0 Å². The van der Waals surface area contributed by atoms with Gasteiger partial charge in [-0.2, -0.15) is 11.8 Å². The summed E-state index contributed by atoms with van der Waals surface area (Å²) in [4.78, 5) is 28.0. The Bertz CT molecular complexity index is 480. The molecule has 2 heterocycles. The van der Waals surface area contributed by atoms with Gasteiger partial charge in [-0.3, -0.25) is 4.79 Å². The van der Waals surface area contributed by atoms with Crippen LogP contribution in [0.2, 0.25) is 0 Å². The van der Waals surface area contributed by atoms with Crippen molar-refractivity contribution in [3.8, 4) is 0 Å². The maximum Gasteiger partial charge on any atom is 0.358 e. The van der Waals surface area contributed by atoms with Gasteiger partial charge in [0.05, 0.1) is 13.2 Å². The minimum atomic E-state index is -0.543. The van der Waals surface area contributed by atoms with Gasteiger partial charge in [-0.25, -0.2) is 9.78 Å². The number of ketones is 1. The molecule has 1 unspecified atom stereocenters. The molecule has 0 saturated carbocycles. The summed E-state index contributed by atoms with van der Waals surface area (Å²) < 4.78 is 10.5. The van der Waals surface area contributed by atoms with Crippen LogP contribution in [-0.2, 0) is 9.47 Å². The molecule has 5 nitrogen and oxygen atoms in total. The van der Waals surface area contributed by atoms with E-state index in [9.17, 15) is 9.59 Å². The average Bonchev–Trinajstić information content (AvgIpc) is 2.85. The smallest absolute Gasteiger partial charge is 0.358 e. The number of carbonyl (C=O) groups excluding carboxylic acids is 2. The molecule has 1 aromatic heterocycles. The third kappa shape index (κ3) is 3.34. The predicted molar refractivity (Wildman–Crippen MR) is 74.1 cm³/mol. The van der Waals surface area contributed by atoms with Crippen molar-refractivity contribution in [1.29, 1.82) is 0 Å². The summed E-state index contributed by atoms with van der Waals surface area (Å²) in [6.07, 6.45) is -0.134. The van der Waals surface area contributed by atoms with Crippen LogP contribution < -0.4 is 0 Å². The highest BCUT2D eigenvalue weighted by Gasteiger charge is 2.27. The fourth-order valence-electron chi connectivity index (χ4n) is 1.68. The summed E-state index contributed by atoms with van der Waals surface area (Å²) in [6, 6.07) is 0. The van der Waals surface area contributed by atoms with E-state index in [1.165, 1.54) is 18.3 Å². The first kappa shape index (κ1) is 14.5. The predicted octanol–water partition coefficient (Wildman–Crippen LogP) is 2.33. The van der Waals surface area contributed by atoms with Gasteiger partial charge in [0.2, 0.25) is 0 Å². The van der Waals surface area contributed by atoms with E-state index < -0.39 is 5.97 Å². The van der Waals surface area contributed by atoms with E-state index in [2.05, 4.69) is 4.98 Å². The second-order valence-electron chi connectivity index (χ2n) is 3.94. The Kier molecular flexibility index (Phi) is 4.95. The molecule has 19 heavy (non-hydrogen) atoms. The first-order chi connectivity index (χ1) is 9.13. The Morgan fingerprint density at radius 1 is 1.53 bits per heavy atom. The summed E-state index contributed by atoms with van der Waals surface area (Å²) in [7, 11) is 0. The van der Waals surface area contributed by atoms with E-state index in [1.807, 2.05) is 0 Å². The Morgan fingerprint density at radius 3 is 2.89 bits per heavy atom. The second-order valence-corrected chi connectivity index (χ2v) is 6.12. The van der Waals surface area contributed by atoms with Gasteiger partial charge < -0.3 is 9.47 Å². The maximum atomic E-state index is 11.8. The molecule has 1 aromatic rings. The van der Waals surface area contributed by atoms with Crippen molar-refractivity contribution >= 4 is 34.9 Å². The molecular formula is C12H15NO4S2. The van der Waals surface area contributed by atoms with Crippen LogP contribution in [0, 0.1) is 0 Å². The first-order valence-corrected chi connectivity index (χ1v) is 7.98. The van der Waals surface area contributed by atoms with Crippen molar-refractivity contribution in [1.82, 2.24) is 4.98 Å². The van der Waals surface area contributed by atoms with Gasteiger partial charge >= 0.3 is 5.97 Å². The summed E-state index contributed by atoms with van der Waals surface area (Å²) in [6.45, 7) is 4.08. The number of hydrogen-bond donors (Lipinski definition) is 0. The molecule has 1 fully saturated rings. The molecule has 104 valence electrons. The molecule has 1 aliphatic heterocycles. The molecule has 0 N–H and O–H groups in total. The highest BCUT2D eigenvalue weighted by atomic mass is 32.2. The molecule has 0 aliphatic carbocycles. The van der Waals surface area contributed by atoms with Gasteiger partial charge in [0.15, 0.2) is 11.5 Å². The van der Waals surface area contributed by atoms with Gasteiger partial charge in [-0.15, -0.1) is 11.3 Å². The number of rotatable bonds is 4. The highest BCUT2D eigenvalue weighted by molar-refractivity contribution is 7.99. The van der Waals surface area contributed by atoms with E-state index in [1.54, 1.807) is 18.7 Å². The molecule has 2 rings (SSSR count). The van der Waals surface area contributed by atoms with Crippen molar-refractivity contribution in [2.24, 2.45) is 0 Å². The number of esters is 1. The summed E-state index contributed by atoms with van der Waals surface area (Å²) in [5, 5.41) is 0.681. The summed E-state index contributed by atoms with van der Waals surface area (Å²) >= 11 is 3.01. The number of ether oxygens (including phenoxy) is 2. The quantitative estimate of drug-likeness (QED) is 0.628. The lowest BCUT2D eigenvalue weighted by Gasteiger charge is -2.19. The lowest BCUT2D eigenvalue weighted by atomic mass is 10.3. The zero-order valence-electron chi connectivity index (χ0n) is 10.8. The number of aromatic nitrogens is 1. The van der Waals surface area contributed by atoms with Crippen LogP contribution in [0.3, 0.4) is 0 Å². The minimum Gasteiger partial charge on any atom is -0.461 e. The fourth-order valence-corrected chi connectivity index (χ4v) is 3.63. The van der Waals surface area contributed by atoms with E-state index in [0.29, 0.717) is 16.5 Å². The van der Waals surface area contributed by atoms with Crippen LogP contribution in [0.1, 0.15) is 45.1 Å². The summed E-state index contributed by atoms with van der Waals surface area (Å²) in [5.41, 5.74) is 0.119. The Balaban J connectivity index is 2.28. The number of thiazole rings is 1. The number of Topliss-reactive ketones (excluding diaryl/α,β-unsaturated/α-hetero) is 1. The Labute approximate surface area is 119 Å². The van der Waals surface area contributed by atoms with Crippen molar-refractivity contribution in [3.05, 3.63) is 15.6 Å². The highest BCUT2D eigenvalue weighted by Crippen LogP contribution is 2.31. The van der Waals surface area contributed by atoms with Crippen molar-refractivity contribution in [2.45, 2.75) is 20.0 Å². The zero-order valence-corrected chi connectivity index (χ0v) is 12.4. The van der Waals surface area contributed by atoms with Gasteiger partial charge in [0.1, 0.15) is 16.0 Å². The largest absolute Gasteiger partial charge is 0.461 e. The van der Waals surface area contributed by atoms with Gasteiger partial charge in [0.25, 0.3) is 0 Å². The molecule has 7 heteroatoms. The second kappa shape index (κ2) is 6.49. The van der Waals surface area contributed by atoms with E-state index in [0.717, 1.165) is 11.5 Å². The molecule has 0 amide bonds. The van der Waals surface area contributed by atoms with Crippen molar-refractivity contribution < 1.29 is 19.1 Å². The van der Waals surface area contributed by atoms with E-state index >= 15 is 0 Å². The topological polar surface area (TPSA) is 65.5 Å². The molecule has 0 radical (unpaired) electrons. The van der Waals surface area contributed by atoms with Crippen LogP contribution in [0.5, 0.6) is 0 Å². The monoisotopic (exact) mass is 301 g/mol. The third-order valence-electron chi connectivity index (χ3n) is 2.52. The molecule has 1 saturated heterocycles. The van der Waals surface area contributed by atoms with Crippen LogP contribution in [-0.4, -0.2) is 41.5 Å². The Hall–Kier alpha value is -0.920. The maximum absolute atomic E-state index is 11.8.